The van der Waals surface area contributed by atoms with Crippen molar-refractivity contribution in [2.45, 2.75) is 33.1 Å². The Hall–Kier alpha value is -1.78. The number of rotatable bonds is 1. The van der Waals surface area contributed by atoms with Crippen molar-refractivity contribution in [1.29, 1.82) is 0 Å². The number of hydrogen-bond donors (Lipinski definition) is 1. The van der Waals surface area contributed by atoms with Crippen LogP contribution < -0.4 is 5.73 Å². The summed E-state index contributed by atoms with van der Waals surface area (Å²) in [6.07, 6.45) is 1.75. The molecule has 5 nitrogen and oxygen atoms in total. The van der Waals surface area contributed by atoms with Crippen molar-refractivity contribution in [3.8, 4) is 11.6 Å². The second-order valence-corrected chi connectivity index (χ2v) is 5.25. The monoisotopic (exact) mass is 234 g/mol. The lowest BCUT2D eigenvalue weighted by Crippen LogP contribution is -2.09. The molecule has 0 aliphatic carbocycles. The average Bonchev–Trinajstić information content (AvgIpc) is 2.73. The van der Waals surface area contributed by atoms with E-state index in [-0.39, 0.29) is 5.41 Å². The number of nitrogens with zero attached hydrogens (tertiary/aromatic N) is 3. The molecule has 0 fully saturated rings. The molecule has 0 aromatic carbocycles. The molecule has 2 rings (SSSR count). The number of aromatic nitrogens is 3. The molecule has 0 aliphatic rings. The van der Waals surface area contributed by atoms with Gasteiger partial charge in [0.15, 0.2) is 0 Å². The van der Waals surface area contributed by atoms with Gasteiger partial charge < -0.3 is 10.2 Å². The van der Waals surface area contributed by atoms with E-state index in [1.54, 1.807) is 10.9 Å². The Bertz CT molecular complexity index is 545. The Morgan fingerprint density at radius 2 is 2.00 bits per heavy atom. The molecule has 0 saturated heterocycles. The second kappa shape index (κ2) is 3.61. The van der Waals surface area contributed by atoms with E-state index in [4.69, 9.17) is 10.2 Å². The maximum Gasteiger partial charge on any atom is 0.247 e. The number of oxazole rings is 1. The Morgan fingerprint density at radius 3 is 2.41 bits per heavy atom. The van der Waals surface area contributed by atoms with E-state index in [2.05, 4.69) is 30.9 Å². The first-order valence-electron chi connectivity index (χ1n) is 5.56. The van der Waals surface area contributed by atoms with Gasteiger partial charge in [0.05, 0.1) is 17.6 Å². The van der Waals surface area contributed by atoms with Crippen LogP contribution in [0.25, 0.3) is 11.6 Å². The molecule has 0 bridgehead atoms. The fraction of sp³-hybridized carbons (Fsp3) is 0.500. The maximum absolute atomic E-state index is 5.97. The lowest BCUT2D eigenvalue weighted by atomic mass is 9.94. The number of anilines is 1. The van der Waals surface area contributed by atoms with Crippen LogP contribution >= 0.6 is 0 Å². The molecule has 0 saturated carbocycles. The summed E-state index contributed by atoms with van der Waals surface area (Å²) in [6.45, 7) is 8.10. The van der Waals surface area contributed by atoms with Crippen LogP contribution in [0.2, 0.25) is 0 Å². The lowest BCUT2D eigenvalue weighted by Gasteiger charge is -2.13. The first kappa shape index (κ1) is 11.7. The molecular formula is C12H18N4O. The summed E-state index contributed by atoms with van der Waals surface area (Å²) < 4.78 is 7.45. The maximum atomic E-state index is 5.97. The van der Waals surface area contributed by atoms with Crippen LogP contribution in [0.15, 0.2) is 10.6 Å². The number of aryl methyl sites for hydroxylation is 2. The summed E-state index contributed by atoms with van der Waals surface area (Å²) in [5, 5.41) is 4.25. The Kier molecular flexibility index (Phi) is 2.49. The minimum Gasteiger partial charge on any atom is -0.439 e. The van der Waals surface area contributed by atoms with Crippen molar-refractivity contribution in [1.82, 2.24) is 14.8 Å². The van der Waals surface area contributed by atoms with Crippen molar-refractivity contribution < 1.29 is 4.42 Å². The standard InChI is InChI=1S/C12H18N4O/c1-7-9(13)10(16(5)15-7)11-14-6-8(17-11)12(2,3)4/h6H,13H2,1-5H3. The van der Waals surface area contributed by atoms with E-state index in [0.717, 1.165) is 17.1 Å². The first-order valence-corrected chi connectivity index (χ1v) is 5.56. The Morgan fingerprint density at radius 1 is 1.35 bits per heavy atom. The van der Waals surface area contributed by atoms with Crippen LogP contribution in [-0.4, -0.2) is 14.8 Å². The summed E-state index contributed by atoms with van der Waals surface area (Å²) in [4.78, 5) is 4.28. The Balaban J connectivity index is 2.51. The van der Waals surface area contributed by atoms with Gasteiger partial charge in [-0.1, -0.05) is 20.8 Å². The molecule has 0 spiro atoms. The highest BCUT2D eigenvalue weighted by Crippen LogP contribution is 2.30. The van der Waals surface area contributed by atoms with Crippen molar-refractivity contribution in [3.05, 3.63) is 17.7 Å². The van der Waals surface area contributed by atoms with Gasteiger partial charge in [0.25, 0.3) is 0 Å². The molecule has 2 aromatic rings. The molecule has 0 aliphatic heterocycles. The summed E-state index contributed by atoms with van der Waals surface area (Å²) in [5.41, 5.74) is 8.05. The van der Waals surface area contributed by atoms with Gasteiger partial charge in [-0.15, -0.1) is 0 Å². The van der Waals surface area contributed by atoms with E-state index in [9.17, 15) is 0 Å². The minimum absolute atomic E-state index is 0.0619. The number of hydrogen-bond acceptors (Lipinski definition) is 4. The molecule has 0 unspecified atom stereocenters. The van der Waals surface area contributed by atoms with Gasteiger partial charge in [0.1, 0.15) is 11.5 Å². The third kappa shape index (κ3) is 1.92. The molecule has 5 heteroatoms. The van der Waals surface area contributed by atoms with E-state index >= 15 is 0 Å². The lowest BCUT2D eigenvalue weighted by molar-refractivity contribution is 0.414. The normalized spacial score (nSPS) is 12.1. The van der Waals surface area contributed by atoms with Crippen LogP contribution in [0.3, 0.4) is 0 Å². The van der Waals surface area contributed by atoms with Crippen LogP contribution in [0.5, 0.6) is 0 Å². The fourth-order valence-electron chi connectivity index (χ4n) is 1.66. The van der Waals surface area contributed by atoms with E-state index < -0.39 is 0 Å². The first-order chi connectivity index (χ1) is 7.80. The summed E-state index contributed by atoms with van der Waals surface area (Å²) >= 11 is 0. The van der Waals surface area contributed by atoms with Crippen molar-refractivity contribution in [3.63, 3.8) is 0 Å². The van der Waals surface area contributed by atoms with Crippen molar-refractivity contribution in [2.75, 3.05) is 5.73 Å². The van der Waals surface area contributed by atoms with E-state index in [1.807, 2.05) is 14.0 Å². The van der Waals surface area contributed by atoms with Crippen LogP contribution in [0.1, 0.15) is 32.2 Å². The SMILES string of the molecule is Cc1nn(C)c(-c2ncc(C(C)(C)C)o2)c1N. The van der Waals surface area contributed by atoms with Crippen molar-refractivity contribution in [2.24, 2.45) is 7.05 Å². The third-order valence-electron chi connectivity index (χ3n) is 2.72. The Labute approximate surface area is 101 Å². The zero-order valence-electron chi connectivity index (χ0n) is 10.9. The highest BCUT2D eigenvalue weighted by atomic mass is 16.4. The predicted molar refractivity (Wildman–Crippen MR) is 66.6 cm³/mol. The molecule has 0 amide bonds. The number of nitrogens with two attached hydrogens (primary N) is 1. The number of nitrogen functional groups attached to an aromatic ring is 1. The zero-order chi connectivity index (χ0) is 12.8. The van der Waals surface area contributed by atoms with Gasteiger partial charge in [-0.25, -0.2) is 4.98 Å². The molecule has 2 heterocycles. The summed E-state index contributed by atoms with van der Waals surface area (Å²) in [7, 11) is 1.83. The van der Waals surface area contributed by atoms with Crippen LogP contribution in [-0.2, 0) is 12.5 Å². The van der Waals surface area contributed by atoms with Gasteiger partial charge in [-0.2, -0.15) is 5.10 Å². The molecule has 17 heavy (non-hydrogen) atoms. The van der Waals surface area contributed by atoms with E-state index in [1.165, 1.54) is 0 Å². The van der Waals surface area contributed by atoms with Crippen LogP contribution in [0, 0.1) is 6.92 Å². The molecule has 0 atom stereocenters. The molecule has 2 N–H and O–H groups in total. The fourth-order valence-corrected chi connectivity index (χ4v) is 1.66. The molecule has 2 aromatic heterocycles. The van der Waals surface area contributed by atoms with Gasteiger partial charge in [-0.05, 0) is 6.92 Å². The van der Waals surface area contributed by atoms with Crippen LogP contribution in [0.4, 0.5) is 5.69 Å². The average molecular weight is 234 g/mol. The predicted octanol–water partition coefficient (Wildman–Crippen LogP) is 2.26. The van der Waals surface area contributed by atoms with Gasteiger partial charge in [0.2, 0.25) is 5.89 Å². The summed E-state index contributed by atoms with van der Waals surface area (Å²) in [6, 6.07) is 0. The highest BCUT2D eigenvalue weighted by molar-refractivity contribution is 5.68. The quantitative estimate of drug-likeness (QED) is 0.821. The minimum atomic E-state index is -0.0619. The van der Waals surface area contributed by atoms with Crippen molar-refractivity contribution >= 4 is 5.69 Å². The van der Waals surface area contributed by atoms with Gasteiger partial charge >= 0.3 is 0 Å². The van der Waals surface area contributed by atoms with Gasteiger partial charge in [-0.3, -0.25) is 4.68 Å². The topological polar surface area (TPSA) is 69.9 Å². The highest BCUT2D eigenvalue weighted by Gasteiger charge is 2.22. The van der Waals surface area contributed by atoms with Gasteiger partial charge in [0, 0.05) is 12.5 Å². The molecular weight excluding hydrogens is 216 g/mol. The third-order valence-corrected chi connectivity index (χ3v) is 2.72. The van der Waals surface area contributed by atoms with E-state index in [0.29, 0.717) is 11.6 Å². The largest absolute Gasteiger partial charge is 0.439 e. The smallest absolute Gasteiger partial charge is 0.247 e. The molecule has 92 valence electrons. The second-order valence-electron chi connectivity index (χ2n) is 5.25. The molecule has 0 radical (unpaired) electrons. The summed E-state index contributed by atoms with van der Waals surface area (Å²) in [5.74, 6) is 1.36. The zero-order valence-corrected chi connectivity index (χ0v) is 10.9.